The third kappa shape index (κ3) is 6.48. The average Bonchev–Trinajstić information content (AvgIpc) is 3.34. The summed E-state index contributed by atoms with van der Waals surface area (Å²) in [4.78, 5) is 45.6. The molecule has 5 rings (SSSR count). The molecule has 39 heavy (non-hydrogen) atoms. The minimum Gasteiger partial charge on any atom is -0.496 e. The number of ether oxygens (including phenoxy) is 3. The van der Waals surface area contributed by atoms with Crippen molar-refractivity contribution < 1.29 is 33.7 Å². The summed E-state index contributed by atoms with van der Waals surface area (Å²) >= 11 is 0. The molecule has 200 valence electrons. The van der Waals surface area contributed by atoms with Crippen molar-refractivity contribution in [3.63, 3.8) is 0 Å². The number of hydrogen-bond acceptors (Lipinski definition) is 8. The Balaban J connectivity index is 0.000000187. The molecular formula is C29H27N3O7. The van der Waals surface area contributed by atoms with Crippen LogP contribution in [0.3, 0.4) is 0 Å². The van der Waals surface area contributed by atoms with E-state index in [1.807, 2.05) is 36.5 Å². The van der Waals surface area contributed by atoms with E-state index in [1.54, 1.807) is 44.0 Å². The Morgan fingerprint density at radius 3 is 2.23 bits per heavy atom. The number of fused-ring (bicyclic) bond motifs is 1. The van der Waals surface area contributed by atoms with Gasteiger partial charge in [0, 0.05) is 61.7 Å². The molecule has 3 aromatic heterocycles. The average molecular weight is 530 g/mol. The number of nitrogens with one attached hydrogen (secondary N) is 1. The Morgan fingerprint density at radius 2 is 1.64 bits per heavy atom. The van der Waals surface area contributed by atoms with Crippen molar-refractivity contribution in [2.75, 3.05) is 7.11 Å². The number of benzene rings is 1. The SMILES string of the molecule is CC1(C)OC(=O)C(=Cc2ccncc2)C(=O)O1.COc1cccc2[nH]cc(C(CC(=O)O)c3ccncc3)c12. The first-order valence-electron chi connectivity index (χ1n) is 12.0. The Labute approximate surface area is 224 Å². The highest BCUT2D eigenvalue weighted by Crippen LogP contribution is 2.37. The highest BCUT2D eigenvalue weighted by molar-refractivity contribution is 6.18. The van der Waals surface area contributed by atoms with E-state index < -0.39 is 23.7 Å². The molecule has 0 spiro atoms. The molecule has 0 bridgehead atoms. The van der Waals surface area contributed by atoms with E-state index in [1.165, 1.54) is 19.9 Å². The van der Waals surface area contributed by atoms with Crippen molar-refractivity contribution in [1.29, 1.82) is 0 Å². The molecule has 1 aliphatic heterocycles. The number of carbonyl (C=O) groups excluding carboxylic acids is 2. The van der Waals surface area contributed by atoms with E-state index in [4.69, 9.17) is 14.2 Å². The number of carboxylic acid groups (broad SMARTS) is 1. The predicted molar refractivity (Wildman–Crippen MR) is 142 cm³/mol. The van der Waals surface area contributed by atoms with Crippen LogP contribution in [0.1, 0.15) is 42.9 Å². The quantitative estimate of drug-likeness (QED) is 0.210. The maximum absolute atomic E-state index is 11.6. The molecular weight excluding hydrogens is 502 g/mol. The number of aromatic amines is 1. The smallest absolute Gasteiger partial charge is 0.348 e. The van der Waals surface area contributed by atoms with Crippen LogP contribution >= 0.6 is 0 Å². The maximum Gasteiger partial charge on any atom is 0.348 e. The first-order chi connectivity index (χ1) is 18.7. The maximum atomic E-state index is 11.6. The van der Waals surface area contributed by atoms with Crippen molar-refractivity contribution >= 4 is 34.9 Å². The van der Waals surface area contributed by atoms with Crippen LogP contribution in [0.15, 0.2) is 79.0 Å². The number of carboxylic acids is 1. The van der Waals surface area contributed by atoms with Crippen LogP contribution in [0.25, 0.3) is 17.0 Å². The second-order valence-corrected chi connectivity index (χ2v) is 9.08. The van der Waals surface area contributed by atoms with Gasteiger partial charge in [0.25, 0.3) is 5.79 Å². The normalized spacial score (nSPS) is 14.9. The number of nitrogens with zero attached hydrogens (tertiary/aromatic N) is 2. The van der Waals surface area contributed by atoms with E-state index in [0.29, 0.717) is 5.56 Å². The van der Waals surface area contributed by atoms with Crippen molar-refractivity contribution in [2.24, 2.45) is 0 Å². The Kier molecular flexibility index (Phi) is 8.04. The summed E-state index contributed by atoms with van der Waals surface area (Å²) < 4.78 is 15.4. The van der Waals surface area contributed by atoms with Gasteiger partial charge in [-0.15, -0.1) is 0 Å². The highest BCUT2D eigenvalue weighted by atomic mass is 16.7. The van der Waals surface area contributed by atoms with Gasteiger partial charge in [0.2, 0.25) is 0 Å². The topological polar surface area (TPSA) is 141 Å². The van der Waals surface area contributed by atoms with Gasteiger partial charge < -0.3 is 24.3 Å². The first-order valence-corrected chi connectivity index (χ1v) is 12.0. The summed E-state index contributed by atoms with van der Waals surface area (Å²) in [6.07, 6.45) is 9.77. The zero-order chi connectivity index (χ0) is 28.0. The van der Waals surface area contributed by atoms with Crippen LogP contribution in [-0.4, -0.2) is 50.9 Å². The molecule has 0 amide bonds. The summed E-state index contributed by atoms with van der Waals surface area (Å²) in [5, 5.41) is 10.2. The molecule has 0 radical (unpaired) electrons. The van der Waals surface area contributed by atoms with Gasteiger partial charge in [-0.05, 0) is 59.2 Å². The van der Waals surface area contributed by atoms with Crippen molar-refractivity contribution in [2.45, 2.75) is 32.0 Å². The van der Waals surface area contributed by atoms with Crippen LogP contribution in [0.4, 0.5) is 0 Å². The van der Waals surface area contributed by atoms with Gasteiger partial charge in [-0.2, -0.15) is 0 Å². The van der Waals surface area contributed by atoms with E-state index in [2.05, 4.69) is 15.0 Å². The van der Waals surface area contributed by atoms with Gasteiger partial charge in [-0.25, -0.2) is 9.59 Å². The number of pyridine rings is 2. The molecule has 2 N–H and O–H groups in total. The van der Waals surface area contributed by atoms with E-state index in [9.17, 15) is 19.5 Å². The van der Waals surface area contributed by atoms with Crippen LogP contribution in [0.2, 0.25) is 0 Å². The summed E-state index contributed by atoms with van der Waals surface area (Å²) in [6.45, 7) is 3.01. The number of H-pyrrole nitrogens is 1. The van der Waals surface area contributed by atoms with Crippen molar-refractivity contribution in [3.8, 4) is 5.75 Å². The molecule has 4 aromatic rings. The Hall–Kier alpha value is -4.99. The zero-order valence-electron chi connectivity index (χ0n) is 21.6. The second kappa shape index (κ2) is 11.6. The van der Waals surface area contributed by atoms with Crippen molar-refractivity contribution in [1.82, 2.24) is 15.0 Å². The molecule has 1 atom stereocenters. The van der Waals surface area contributed by atoms with Gasteiger partial charge in [-0.1, -0.05) is 6.07 Å². The molecule has 1 aromatic carbocycles. The fourth-order valence-electron chi connectivity index (χ4n) is 4.20. The standard InChI is InChI=1S/C17H16N2O3.C12H11NO4/c1-22-15-4-2-3-14-17(15)13(10-19-14)12(9-16(20)21)11-5-7-18-8-6-11;1-12(2)16-10(14)9(11(15)17-12)7-8-3-5-13-6-4-8/h2-8,10,12,19H,9H2,1H3,(H,20,21);3-7H,1-2H3. The Bertz CT molecular complexity index is 1490. The highest BCUT2D eigenvalue weighted by Gasteiger charge is 2.38. The molecule has 10 heteroatoms. The molecule has 1 fully saturated rings. The zero-order valence-corrected chi connectivity index (χ0v) is 21.6. The number of aliphatic carboxylic acids is 1. The molecule has 1 aliphatic rings. The second-order valence-electron chi connectivity index (χ2n) is 9.08. The molecule has 10 nitrogen and oxygen atoms in total. The van der Waals surface area contributed by atoms with Crippen LogP contribution in [-0.2, 0) is 23.9 Å². The minimum atomic E-state index is -1.20. The van der Waals surface area contributed by atoms with Gasteiger partial charge in [0.15, 0.2) is 0 Å². The summed E-state index contributed by atoms with van der Waals surface area (Å²) in [5.41, 5.74) is 3.34. The predicted octanol–water partition coefficient (Wildman–Crippen LogP) is 4.48. The molecule has 1 saturated heterocycles. The van der Waals surface area contributed by atoms with Crippen LogP contribution < -0.4 is 4.74 Å². The monoisotopic (exact) mass is 529 g/mol. The summed E-state index contributed by atoms with van der Waals surface area (Å²) in [6, 6.07) is 12.8. The lowest BCUT2D eigenvalue weighted by Gasteiger charge is -2.29. The third-order valence-corrected chi connectivity index (χ3v) is 5.91. The largest absolute Gasteiger partial charge is 0.496 e. The van der Waals surface area contributed by atoms with Gasteiger partial charge in [0.05, 0.1) is 13.5 Å². The fourth-order valence-corrected chi connectivity index (χ4v) is 4.20. The summed E-state index contributed by atoms with van der Waals surface area (Å²) in [5.74, 6) is -2.93. The lowest BCUT2D eigenvalue weighted by Crippen LogP contribution is -2.41. The lowest BCUT2D eigenvalue weighted by molar-refractivity contribution is -0.222. The van der Waals surface area contributed by atoms with Gasteiger partial charge in [0.1, 0.15) is 11.3 Å². The molecule has 4 heterocycles. The minimum absolute atomic E-state index is 0.00894. The first kappa shape index (κ1) is 27.1. The number of methoxy groups -OCH3 is 1. The van der Waals surface area contributed by atoms with Gasteiger partial charge in [-0.3, -0.25) is 14.8 Å². The lowest BCUT2D eigenvalue weighted by atomic mass is 9.88. The molecule has 0 saturated carbocycles. The number of carbonyl (C=O) groups is 3. The number of esters is 2. The van der Waals surface area contributed by atoms with E-state index >= 15 is 0 Å². The molecule has 1 unspecified atom stereocenters. The third-order valence-electron chi connectivity index (χ3n) is 5.91. The van der Waals surface area contributed by atoms with E-state index in [0.717, 1.165) is 27.8 Å². The van der Waals surface area contributed by atoms with Crippen LogP contribution in [0.5, 0.6) is 5.75 Å². The Morgan fingerprint density at radius 1 is 1.03 bits per heavy atom. The van der Waals surface area contributed by atoms with Crippen molar-refractivity contribution in [3.05, 3.63) is 95.7 Å². The van der Waals surface area contributed by atoms with E-state index in [-0.39, 0.29) is 17.9 Å². The van der Waals surface area contributed by atoms with Crippen LogP contribution in [0, 0.1) is 0 Å². The fraction of sp³-hybridized carbons (Fsp3) is 0.207. The number of cyclic esters (lactones) is 2. The number of rotatable bonds is 6. The number of aromatic nitrogens is 3. The molecule has 0 aliphatic carbocycles. The van der Waals surface area contributed by atoms with Gasteiger partial charge >= 0.3 is 17.9 Å². The summed E-state index contributed by atoms with van der Waals surface area (Å²) in [7, 11) is 1.62. The number of hydrogen-bond donors (Lipinski definition) is 2.